The van der Waals surface area contributed by atoms with Crippen molar-refractivity contribution < 1.29 is 9.90 Å². The molecular formula is C21H30O2. The molecule has 0 saturated heterocycles. The normalized spacial score (nSPS) is 51.0. The number of aliphatic hydroxyl groups is 1. The number of Topliss-reactive ketones (excluding diaryl/α,β-unsaturated/α-hetero) is 1. The summed E-state index contributed by atoms with van der Waals surface area (Å²) in [7, 11) is 0. The Kier molecular flexibility index (Phi) is 3.43. The maximum absolute atomic E-state index is 12.5. The first kappa shape index (κ1) is 15.6. The van der Waals surface area contributed by atoms with Crippen molar-refractivity contribution in [2.45, 2.75) is 71.8 Å². The number of hydrogen-bond acceptors (Lipinski definition) is 2. The molecule has 0 aromatic heterocycles. The van der Waals surface area contributed by atoms with E-state index >= 15 is 0 Å². The first-order valence-corrected chi connectivity index (χ1v) is 9.47. The summed E-state index contributed by atoms with van der Waals surface area (Å²) in [5, 5.41) is 10.1. The molecule has 3 fully saturated rings. The van der Waals surface area contributed by atoms with Crippen molar-refractivity contribution in [2.24, 2.45) is 28.6 Å². The zero-order chi connectivity index (χ0) is 16.4. The minimum absolute atomic E-state index is 0.114. The highest BCUT2D eigenvalue weighted by molar-refractivity contribution is 5.99. The monoisotopic (exact) mass is 314 g/mol. The zero-order valence-corrected chi connectivity index (χ0v) is 14.8. The molecule has 3 saturated carbocycles. The fraction of sp³-hybridized carbons (Fsp3) is 0.762. The predicted octanol–water partition coefficient (Wildman–Crippen LogP) is 4.44. The highest BCUT2D eigenvalue weighted by Gasteiger charge is 2.59. The molecule has 0 aromatic carbocycles. The Morgan fingerprint density at radius 1 is 1.13 bits per heavy atom. The molecule has 0 unspecified atom stereocenters. The van der Waals surface area contributed by atoms with E-state index in [1.165, 1.54) is 12.0 Å². The minimum Gasteiger partial charge on any atom is -0.393 e. The van der Waals surface area contributed by atoms with Crippen LogP contribution in [0.25, 0.3) is 0 Å². The van der Waals surface area contributed by atoms with Gasteiger partial charge in [0.15, 0.2) is 5.78 Å². The van der Waals surface area contributed by atoms with Crippen molar-refractivity contribution in [3.8, 4) is 0 Å². The summed E-state index contributed by atoms with van der Waals surface area (Å²) in [6, 6.07) is 0. The lowest BCUT2D eigenvalue weighted by Crippen LogP contribution is -2.49. The lowest BCUT2D eigenvalue weighted by Gasteiger charge is -2.57. The van der Waals surface area contributed by atoms with Crippen molar-refractivity contribution >= 4 is 5.78 Å². The van der Waals surface area contributed by atoms with Gasteiger partial charge in [0.1, 0.15) is 0 Å². The van der Waals surface area contributed by atoms with Crippen molar-refractivity contribution in [1.82, 2.24) is 0 Å². The molecular weight excluding hydrogens is 284 g/mol. The molecule has 6 atom stereocenters. The van der Waals surface area contributed by atoms with E-state index in [-0.39, 0.29) is 16.9 Å². The van der Waals surface area contributed by atoms with Crippen LogP contribution in [0.2, 0.25) is 0 Å². The molecule has 4 rings (SSSR count). The molecule has 0 heterocycles. The number of rotatable bonds is 0. The van der Waals surface area contributed by atoms with E-state index in [0.29, 0.717) is 23.5 Å². The van der Waals surface area contributed by atoms with E-state index in [9.17, 15) is 9.90 Å². The molecule has 0 spiro atoms. The highest BCUT2D eigenvalue weighted by Crippen LogP contribution is 2.65. The third-order valence-electron chi connectivity index (χ3n) is 8.08. The van der Waals surface area contributed by atoms with E-state index < -0.39 is 0 Å². The van der Waals surface area contributed by atoms with Gasteiger partial charge in [-0.05, 0) is 79.6 Å². The molecule has 0 aromatic rings. The maximum Gasteiger partial charge on any atom is 0.159 e. The first-order valence-electron chi connectivity index (χ1n) is 9.47. The molecule has 0 radical (unpaired) electrons. The fourth-order valence-electron chi connectivity index (χ4n) is 6.79. The van der Waals surface area contributed by atoms with Crippen LogP contribution >= 0.6 is 0 Å². The molecule has 4 aliphatic rings. The average Bonchev–Trinajstić information content (AvgIpc) is 2.77. The summed E-state index contributed by atoms with van der Waals surface area (Å²) in [5.74, 6) is 2.29. The van der Waals surface area contributed by atoms with E-state index in [1.54, 1.807) is 0 Å². The molecule has 2 heteroatoms. The number of allylic oxidation sites excluding steroid dienone is 3. The lowest BCUT2D eigenvalue weighted by atomic mass is 9.48. The molecule has 0 bridgehead atoms. The molecule has 4 aliphatic carbocycles. The predicted molar refractivity (Wildman–Crippen MR) is 91.9 cm³/mol. The van der Waals surface area contributed by atoms with Crippen LogP contribution in [0.3, 0.4) is 0 Å². The van der Waals surface area contributed by atoms with Gasteiger partial charge < -0.3 is 5.11 Å². The number of carbonyl (C=O) groups is 1. The molecule has 2 nitrogen and oxygen atoms in total. The van der Waals surface area contributed by atoms with Gasteiger partial charge in [-0.2, -0.15) is 0 Å². The lowest BCUT2D eigenvalue weighted by molar-refractivity contribution is -0.115. The molecule has 23 heavy (non-hydrogen) atoms. The molecule has 0 amide bonds. The smallest absolute Gasteiger partial charge is 0.159 e. The Balaban J connectivity index is 1.71. The quantitative estimate of drug-likeness (QED) is 0.530. The highest BCUT2D eigenvalue weighted by atomic mass is 16.3. The molecule has 1 N–H and O–H groups in total. The summed E-state index contributed by atoms with van der Waals surface area (Å²) in [4.78, 5) is 12.5. The van der Waals surface area contributed by atoms with Crippen LogP contribution in [-0.2, 0) is 4.79 Å². The maximum atomic E-state index is 12.5. The zero-order valence-electron chi connectivity index (χ0n) is 14.8. The van der Waals surface area contributed by atoms with Crippen LogP contribution in [0.4, 0.5) is 0 Å². The number of hydrogen-bond donors (Lipinski definition) is 1. The van der Waals surface area contributed by atoms with Crippen molar-refractivity contribution in [3.63, 3.8) is 0 Å². The Bertz CT molecular complexity index is 601. The van der Waals surface area contributed by atoms with Gasteiger partial charge in [-0.3, -0.25) is 4.79 Å². The topological polar surface area (TPSA) is 37.3 Å². The van der Waals surface area contributed by atoms with Crippen LogP contribution < -0.4 is 0 Å². The van der Waals surface area contributed by atoms with E-state index in [4.69, 9.17) is 0 Å². The van der Waals surface area contributed by atoms with Gasteiger partial charge >= 0.3 is 0 Å². The standard InChI is InChI=1S/C21H30O2/c1-4-16-19(23)12-18-15-6-5-13-11-14(22)7-9-20(13,2)17(15)8-10-21(16,18)3/h4-5,14-15,17-18,22H,6-12H2,1-3H3/t14-,15+,17-,18-,20-,21+/m0/s1. The van der Waals surface area contributed by atoms with Gasteiger partial charge in [-0.15, -0.1) is 0 Å². The average molecular weight is 314 g/mol. The Morgan fingerprint density at radius 3 is 2.61 bits per heavy atom. The van der Waals surface area contributed by atoms with Gasteiger partial charge in [0.05, 0.1) is 6.10 Å². The summed E-state index contributed by atoms with van der Waals surface area (Å²) >= 11 is 0. The van der Waals surface area contributed by atoms with Gasteiger partial charge in [-0.25, -0.2) is 0 Å². The molecule has 126 valence electrons. The van der Waals surface area contributed by atoms with Crippen molar-refractivity contribution in [1.29, 1.82) is 0 Å². The van der Waals surface area contributed by atoms with Crippen LogP contribution in [0.1, 0.15) is 65.7 Å². The summed E-state index contributed by atoms with van der Waals surface area (Å²) in [6.07, 6.45) is 11.6. The van der Waals surface area contributed by atoms with Gasteiger partial charge in [0.25, 0.3) is 0 Å². The van der Waals surface area contributed by atoms with Crippen molar-refractivity contribution in [2.75, 3.05) is 0 Å². The number of ketones is 1. The number of fused-ring (bicyclic) bond motifs is 5. The Hall–Kier alpha value is -0.890. The summed E-state index contributed by atoms with van der Waals surface area (Å²) in [5.41, 5.74) is 3.00. The second-order valence-corrected chi connectivity index (χ2v) is 8.94. The van der Waals surface area contributed by atoms with Crippen LogP contribution in [-0.4, -0.2) is 17.0 Å². The molecule has 0 aliphatic heterocycles. The second kappa shape index (κ2) is 5.05. The van der Waals surface area contributed by atoms with E-state index in [0.717, 1.165) is 44.1 Å². The summed E-state index contributed by atoms with van der Waals surface area (Å²) in [6.45, 7) is 6.83. The van der Waals surface area contributed by atoms with Gasteiger partial charge in [0, 0.05) is 6.42 Å². The van der Waals surface area contributed by atoms with Crippen LogP contribution in [0.15, 0.2) is 23.3 Å². The van der Waals surface area contributed by atoms with Gasteiger partial charge in [-0.1, -0.05) is 31.6 Å². The Morgan fingerprint density at radius 2 is 1.87 bits per heavy atom. The first-order chi connectivity index (χ1) is 10.9. The minimum atomic E-state index is -0.137. The van der Waals surface area contributed by atoms with Gasteiger partial charge in [0.2, 0.25) is 0 Å². The van der Waals surface area contributed by atoms with E-state index in [1.807, 2.05) is 6.92 Å². The second-order valence-electron chi connectivity index (χ2n) is 8.94. The van der Waals surface area contributed by atoms with Crippen LogP contribution in [0, 0.1) is 28.6 Å². The number of aliphatic hydroxyl groups excluding tert-OH is 1. The fourth-order valence-corrected chi connectivity index (χ4v) is 6.79. The van der Waals surface area contributed by atoms with Crippen molar-refractivity contribution in [3.05, 3.63) is 23.3 Å². The summed E-state index contributed by atoms with van der Waals surface area (Å²) < 4.78 is 0. The largest absolute Gasteiger partial charge is 0.393 e. The third-order valence-corrected chi connectivity index (χ3v) is 8.08. The third kappa shape index (κ3) is 2.00. The number of carbonyl (C=O) groups excluding carboxylic acids is 1. The van der Waals surface area contributed by atoms with Crippen LogP contribution in [0.5, 0.6) is 0 Å². The van der Waals surface area contributed by atoms with E-state index in [2.05, 4.69) is 26.0 Å². The SMILES string of the molecule is CC=C1C(=O)C[C@H]2[C@@H]3CC=C4C[C@@H](O)CC[C@]4(C)[C@H]3CC[C@]12C. The Labute approximate surface area is 140 Å².